The van der Waals surface area contributed by atoms with Crippen molar-refractivity contribution in [3.63, 3.8) is 0 Å². The minimum Gasteiger partial charge on any atom is -0.384 e. The average molecular weight is 499 g/mol. The Labute approximate surface area is 205 Å². The van der Waals surface area contributed by atoms with Crippen LogP contribution in [0.4, 0.5) is 30.4 Å². The lowest BCUT2D eigenvalue weighted by molar-refractivity contribution is -0.137. The number of carbonyl (C=O) groups excluding carboxylic acids is 2. The lowest BCUT2D eigenvalue weighted by Gasteiger charge is -2.27. The van der Waals surface area contributed by atoms with Crippen molar-refractivity contribution in [1.82, 2.24) is 15.6 Å². The van der Waals surface area contributed by atoms with Crippen LogP contribution in [-0.4, -0.2) is 35.6 Å². The van der Waals surface area contributed by atoms with Gasteiger partial charge in [-0.3, -0.25) is 9.59 Å². The molecule has 3 aromatic rings. The SMILES string of the molecule is Nc1cc(C(=O)NC2(C(=O)NCc3ccc(Nc4ccccc4C(F)(F)F)cc3)CCOC2)ccn1. The minimum absolute atomic E-state index is 0.0204. The summed E-state index contributed by atoms with van der Waals surface area (Å²) in [5, 5.41) is 8.35. The van der Waals surface area contributed by atoms with E-state index in [2.05, 4.69) is 20.9 Å². The van der Waals surface area contributed by atoms with E-state index in [1.165, 1.54) is 36.5 Å². The normalized spacial score (nSPS) is 17.4. The van der Waals surface area contributed by atoms with Crippen LogP contribution in [0.1, 0.15) is 27.9 Å². The Morgan fingerprint density at radius 1 is 1.08 bits per heavy atom. The number of rotatable bonds is 7. The fourth-order valence-corrected chi connectivity index (χ4v) is 3.83. The maximum absolute atomic E-state index is 13.2. The first-order valence-electron chi connectivity index (χ1n) is 11.1. The number of pyridine rings is 1. The van der Waals surface area contributed by atoms with Gasteiger partial charge in [-0.25, -0.2) is 4.98 Å². The second-order valence-corrected chi connectivity index (χ2v) is 8.36. The lowest BCUT2D eigenvalue weighted by Crippen LogP contribution is -2.59. The summed E-state index contributed by atoms with van der Waals surface area (Å²) in [5.74, 6) is -0.695. The number of carbonyl (C=O) groups is 2. The van der Waals surface area contributed by atoms with Gasteiger partial charge in [0.05, 0.1) is 17.9 Å². The van der Waals surface area contributed by atoms with Gasteiger partial charge < -0.3 is 26.4 Å². The molecule has 0 radical (unpaired) electrons. The highest BCUT2D eigenvalue weighted by molar-refractivity contribution is 5.99. The van der Waals surface area contributed by atoms with E-state index in [0.717, 1.165) is 11.6 Å². The number of halogens is 3. The number of aromatic nitrogens is 1. The van der Waals surface area contributed by atoms with Crippen molar-refractivity contribution in [3.05, 3.63) is 83.6 Å². The van der Waals surface area contributed by atoms with Crippen LogP contribution in [0.25, 0.3) is 0 Å². The number of ether oxygens (including phenoxy) is 1. The number of amides is 2. The van der Waals surface area contributed by atoms with Crippen molar-refractivity contribution in [2.45, 2.75) is 24.7 Å². The molecule has 1 aromatic heterocycles. The van der Waals surface area contributed by atoms with E-state index in [4.69, 9.17) is 10.5 Å². The Kier molecular flexibility index (Phi) is 7.11. The third-order valence-corrected chi connectivity index (χ3v) is 5.77. The highest BCUT2D eigenvalue weighted by Crippen LogP contribution is 2.35. The topological polar surface area (TPSA) is 118 Å². The molecule has 1 unspecified atom stereocenters. The Morgan fingerprint density at radius 3 is 2.50 bits per heavy atom. The first-order valence-corrected chi connectivity index (χ1v) is 11.1. The zero-order chi connectivity index (χ0) is 25.8. The predicted molar refractivity (Wildman–Crippen MR) is 127 cm³/mol. The van der Waals surface area contributed by atoms with Crippen LogP contribution in [0, 0.1) is 0 Å². The average Bonchev–Trinajstić information content (AvgIpc) is 3.33. The van der Waals surface area contributed by atoms with E-state index in [0.29, 0.717) is 18.7 Å². The van der Waals surface area contributed by atoms with E-state index >= 15 is 0 Å². The van der Waals surface area contributed by atoms with Gasteiger partial charge in [0.1, 0.15) is 11.4 Å². The van der Waals surface area contributed by atoms with Gasteiger partial charge in [0.2, 0.25) is 5.91 Å². The number of benzene rings is 2. The van der Waals surface area contributed by atoms with Crippen LogP contribution >= 0.6 is 0 Å². The second-order valence-electron chi connectivity index (χ2n) is 8.36. The molecule has 2 heterocycles. The molecule has 8 nitrogen and oxygen atoms in total. The first kappa shape index (κ1) is 25.0. The molecule has 0 saturated carbocycles. The number of nitrogens with two attached hydrogens (primary N) is 1. The molecule has 2 amide bonds. The largest absolute Gasteiger partial charge is 0.418 e. The van der Waals surface area contributed by atoms with E-state index in [1.807, 2.05) is 0 Å². The summed E-state index contributed by atoms with van der Waals surface area (Å²) in [6.07, 6.45) is -2.78. The fraction of sp³-hybridized carbons (Fsp3) is 0.240. The van der Waals surface area contributed by atoms with Crippen molar-refractivity contribution < 1.29 is 27.5 Å². The Hall–Kier alpha value is -4.12. The van der Waals surface area contributed by atoms with Crippen molar-refractivity contribution >= 4 is 29.0 Å². The highest BCUT2D eigenvalue weighted by atomic mass is 19.4. The van der Waals surface area contributed by atoms with Crippen molar-refractivity contribution in [2.24, 2.45) is 0 Å². The zero-order valence-corrected chi connectivity index (χ0v) is 19.1. The molecule has 4 rings (SSSR count). The number of anilines is 3. The number of alkyl halides is 3. The molecule has 1 aliphatic rings. The summed E-state index contributed by atoms with van der Waals surface area (Å²) in [7, 11) is 0. The van der Waals surface area contributed by atoms with Crippen molar-refractivity contribution in [2.75, 3.05) is 24.3 Å². The standard InChI is InChI=1S/C25H24F3N5O3/c26-25(27,28)19-3-1-2-4-20(19)32-18-7-5-16(6-8-18)14-31-23(35)24(10-12-36-15-24)33-22(34)17-9-11-30-21(29)13-17/h1-9,11,13,32H,10,12,14-15H2,(H2,29,30)(H,31,35)(H,33,34). The lowest BCUT2D eigenvalue weighted by atomic mass is 9.96. The van der Waals surface area contributed by atoms with Crippen molar-refractivity contribution in [3.8, 4) is 0 Å². The number of hydrogen-bond acceptors (Lipinski definition) is 6. The summed E-state index contributed by atoms with van der Waals surface area (Å²) in [6.45, 7) is 0.483. The van der Waals surface area contributed by atoms with Gasteiger partial charge >= 0.3 is 6.18 Å². The number of para-hydroxylation sites is 1. The Bertz CT molecular complexity index is 1240. The zero-order valence-electron chi connectivity index (χ0n) is 19.1. The minimum atomic E-state index is -4.48. The van der Waals surface area contributed by atoms with E-state index < -0.39 is 29.1 Å². The maximum atomic E-state index is 13.2. The molecule has 0 spiro atoms. The maximum Gasteiger partial charge on any atom is 0.418 e. The number of nitrogens with one attached hydrogen (secondary N) is 3. The molecule has 5 N–H and O–H groups in total. The number of hydrogen-bond donors (Lipinski definition) is 4. The van der Waals surface area contributed by atoms with E-state index in [1.54, 1.807) is 24.3 Å². The van der Waals surface area contributed by atoms with E-state index in [9.17, 15) is 22.8 Å². The highest BCUT2D eigenvalue weighted by Gasteiger charge is 2.43. The molecule has 1 atom stereocenters. The van der Waals surface area contributed by atoms with Crippen LogP contribution in [0.5, 0.6) is 0 Å². The predicted octanol–water partition coefficient (Wildman–Crippen LogP) is 3.63. The fourth-order valence-electron chi connectivity index (χ4n) is 3.83. The molecule has 1 aliphatic heterocycles. The number of nitrogen functional groups attached to an aromatic ring is 1. The summed E-state index contributed by atoms with van der Waals surface area (Å²) >= 11 is 0. The molecule has 0 bridgehead atoms. The van der Waals surface area contributed by atoms with Gasteiger partial charge in [-0.2, -0.15) is 13.2 Å². The molecule has 0 aliphatic carbocycles. The van der Waals surface area contributed by atoms with Crippen LogP contribution < -0.4 is 21.7 Å². The second kappa shape index (κ2) is 10.2. The van der Waals surface area contributed by atoms with E-state index in [-0.39, 0.29) is 30.2 Å². The molecular formula is C25H24F3N5O3. The molecule has 36 heavy (non-hydrogen) atoms. The molecule has 2 aromatic carbocycles. The Balaban J connectivity index is 1.39. The summed E-state index contributed by atoms with van der Waals surface area (Å²) in [6, 6.07) is 14.8. The van der Waals surface area contributed by atoms with Gasteiger partial charge in [0.25, 0.3) is 5.91 Å². The smallest absolute Gasteiger partial charge is 0.384 e. The van der Waals surface area contributed by atoms with Crippen LogP contribution in [0.3, 0.4) is 0 Å². The van der Waals surface area contributed by atoms with Gasteiger partial charge in [-0.05, 0) is 42.0 Å². The summed E-state index contributed by atoms with van der Waals surface area (Å²) in [5.41, 5.74) is 5.05. The number of nitrogens with zero attached hydrogens (tertiary/aromatic N) is 1. The summed E-state index contributed by atoms with van der Waals surface area (Å²) in [4.78, 5) is 29.6. The molecular weight excluding hydrogens is 475 g/mol. The first-order chi connectivity index (χ1) is 17.2. The Morgan fingerprint density at radius 2 is 1.83 bits per heavy atom. The van der Waals surface area contributed by atoms with Gasteiger partial charge in [0.15, 0.2) is 0 Å². The van der Waals surface area contributed by atoms with Crippen LogP contribution in [-0.2, 0) is 22.3 Å². The monoisotopic (exact) mass is 499 g/mol. The molecule has 11 heteroatoms. The van der Waals surface area contributed by atoms with Crippen molar-refractivity contribution in [1.29, 1.82) is 0 Å². The van der Waals surface area contributed by atoms with Gasteiger partial charge in [-0.1, -0.05) is 24.3 Å². The van der Waals surface area contributed by atoms with Gasteiger partial charge in [-0.15, -0.1) is 0 Å². The molecule has 188 valence electrons. The summed E-state index contributed by atoms with van der Waals surface area (Å²) < 4.78 is 45.1. The van der Waals surface area contributed by atoms with Crippen LogP contribution in [0.15, 0.2) is 66.9 Å². The third-order valence-electron chi connectivity index (χ3n) is 5.77. The molecule has 1 fully saturated rings. The van der Waals surface area contributed by atoms with Gasteiger partial charge in [0, 0.05) is 37.0 Å². The van der Waals surface area contributed by atoms with Crippen LogP contribution in [0.2, 0.25) is 0 Å². The third kappa shape index (κ3) is 5.74. The molecule has 1 saturated heterocycles. The quantitative estimate of drug-likeness (QED) is 0.394.